The first-order chi connectivity index (χ1) is 8.51. The molecule has 0 aliphatic rings. The van der Waals surface area contributed by atoms with Crippen LogP contribution in [-0.2, 0) is 16.1 Å². The lowest BCUT2D eigenvalue weighted by Crippen LogP contribution is -2.48. The summed E-state index contributed by atoms with van der Waals surface area (Å²) in [5, 5.41) is 7.74. The van der Waals surface area contributed by atoms with Gasteiger partial charge >= 0.3 is 5.97 Å². The first kappa shape index (κ1) is 15.0. The lowest BCUT2D eigenvalue weighted by molar-refractivity contribution is -0.150. The highest BCUT2D eigenvalue weighted by Gasteiger charge is 2.32. The number of aromatic nitrogens is 2. The molecule has 0 fully saturated rings. The zero-order chi connectivity index (χ0) is 13.6. The molecule has 0 radical (unpaired) electrons. The van der Waals surface area contributed by atoms with Gasteiger partial charge in [0, 0.05) is 12.7 Å². The maximum absolute atomic E-state index is 11.8. The van der Waals surface area contributed by atoms with Gasteiger partial charge in [0.05, 0.1) is 17.8 Å². The van der Waals surface area contributed by atoms with Crippen LogP contribution in [0.1, 0.15) is 26.7 Å². The minimum atomic E-state index is -0.646. The Morgan fingerprint density at radius 1 is 1.67 bits per heavy atom. The maximum atomic E-state index is 11.8. The lowest BCUT2D eigenvalue weighted by atomic mass is 9.96. The Balaban J connectivity index is 2.46. The van der Waals surface area contributed by atoms with Crippen LogP contribution in [-0.4, -0.2) is 34.9 Å². The van der Waals surface area contributed by atoms with Gasteiger partial charge in [-0.25, -0.2) is 0 Å². The standard InChI is InChI=1S/C12H20ClN3O2/c1-4-18-11(17)12(2,14-3)6-5-7-16-9-10(13)8-15-16/h8-9,14H,4-7H2,1-3H3. The molecule has 0 aliphatic heterocycles. The molecule has 0 aliphatic carbocycles. The quantitative estimate of drug-likeness (QED) is 0.771. The van der Waals surface area contributed by atoms with Gasteiger partial charge in [-0.2, -0.15) is 5.10 Å². The summed E-state index contributed by atoms with van der Waals surface area (Å²) in [5.74, 6) is -0.217. The minimum absolute atomic E-state index is 0.217. The highest BCUT2D eigenvalue weighted by atomic mass is 35.5. The molecule has 1 N–H and O–H groups in total. The van der Waals surface area contributed by atoms with Crippen molar-refractivity contribution in [1.82, 2.24) is 15.1 Å². The summed E-state index contributed by atoms with van der Waals surface area (Å²) in [6.07, 6.45) is 4.86. The molecule has 1 aromatic heterocycles. The van der Waals surface area contributed by atoms with Crippen molar-refractivity contribution in [2.45, 2.75) is 38.8 Å². The van der Waals surface area contributed by atoms with E-state index in [0.717, 1.165) is 13.0 Å². The van der Waals surface area contributed by atoms with E-state index in [1.165, 1.54) is 0 Å². The van der Waals surface area contributed by atoms with E-state index < -0.39 is 5.54 Å². The van der Waals surface area contributed by atoms with Crippen molar-refractivity contribution in [1.29, 1.82) is 0 Å². The van der Waals surface area contributed by atoms with E-state index >= 15 is 0 Å². The van der Waals surface area contributed by atoms with Crippen molar-refractivity contribution >= 4 is 17.6 Å². The number of likely N-dealkylation sites (N-methyl/N-ethyl adjacent to an activating group) is 1. The second-order valence-corrected chi connectivity index (χ2v) is 4.76. The first-order valence-corrected chi connectivity index (χ1v) is 6.43. The van der Waals surface area contributed by atoms with Gasteiger partial charge in [-0.05, 0) is 33.7 Å². The highest BCUT2D eigenvalue weighted by molar-refractivity contribution is 6.30. The lowest BCUT2D eigenvalue weighted by Gasteiger charge is -2.26. The Morgan fingerprint density at radius 2 is 2.39 bits per heavy atom. The van der Waals surface area contributed by atoms with E-state index in [1.807, 2.05) is 6.92 Å². The molecule has 5 nitrogen and oxygen atoms in total. The molecule has 6 heteroatoms. The van der Waals surface area contributed by atoms with Crippen LogP contribution in [0.2, 0.25) is 5.02 Å². The summed E-state index contributed by atoms with van der Waals surface area (Å²) in [5.41, 5.74) is -0.646. The number of nitrogens with zero attached hydrogens (tertiary/aromatic N) is 2. The number of rotatable bonds is 7. The zero-order valence-electron chi connectivity index (χ0n) is 11.1. The second-order valence-electron chi connectivity index (χ2n) is 4.33. The molecule has 0 amide bonds. The fourth-order valence-corrected chi connectivity index (χ4v) is 1.83. The van der Waals surface area contributed by atoms with Gasteiger partial charge in [0.1, 0.15) is 5.54 Å². The number of nitrogens with one attached hydrogen (secondary N) is 1. The Morgan fingerprint density at radius 3 is 2.89 bits per heavy atom. The molecule has 1 rings (SSSR count). The fraction of sp³-hybridized carbons (Fsp3) is 0.667. The van der Waals surface area contributed by atoms with Crippen molar-refractivity contribution in [3.05, 3.63) is 17.4 Å². The number of ether oxygens (including phenoxy) is 1. The van der Waals surface area contributed by atoms with E-state index in [9.17, 15) is 4.79 Å². The van der Waals surface area contributed by atoms with Crippen LogP contribution in [0.3, 0.4) is 0 Å². The van der Waals surface area contributed by atoms with Gasteiger partial charge in [0.25, 0.3) is 0 Å². The molecule has 102 valence electrons. The number of carbonyl (C=O) groups excluding carboxylic acids is 1. The number of carbonyl (C=O) groups is 1. The van der Waals surface area contributed by atoms with Gasteiger partial charge in [0.2, 0.25) is 0 Å². The number of halogens is 1. The zero-order valence-corrected chi connectivity index (χ0v) is 11.8. The fourth-order valence-electron chi connectivity index (χ4n) is 1.67. The summed E-state index contributed by atoms with van der Waals surface area (Å²) in [6, 6.07) is 0. The molecular weight excluding hydrogens is 254 g/mol. The topological polar surface area (TPSA) is 56.2 Å². The van der Waals surface area contributed by atoms with Crippen molar-refractivity contribution in [3.8, 4) is 0 Å². The van der Waals surface area contributed by atoms with E-state index in [4.69, 9.17) is 16.3 Å². The monoisotopic (exact) mass is 273 g/mol. The van der Waals surface area contributed by atoms with Gasteiger partial charge in [-0.15, -0.1) is 0 Å². The van der Waals surface area contributed by atoms with Gasteiger partial charge in [-0.1, -0.05) is 11.6 Å². The minimum Gasteiger partial charge on any atom is -0.465 e. The molecule has 0 saturated heterocycles. The molecule has 0 aromatic carbocycles. The van der Waals surface area contributed by atoms with Gasteiger partial charge in [0.15, 0.2) is 0 Å². The molecule has 1 atom stereocenters. The van der Waals surface area contributed by atoms with Crippen molar-refractivity contribution < 1.29 is 9.53 Å². The molecule has 1 aromatic rings. The predicted octanol–water partition coefficient (Wildman–Crippen LogP) is 1.86. The van der Waals surface area contributed by atoms with Gasteiger partial charge < -0.3 is 10.1 Å². The molecule has 1 unspecified atom stereocenters. The van der Waals surface area contributed by atoms with Crippen molar-refractivity contribution in [2.75, 3.05) is 13.7 Å². The molecule has 0 saturated carbocycles. The van der Waals surface area contributed by atoms with Crippen LogP contribution < -0.4 is 5.32 Å². The third-order valence-corrected chi connectivity index (χ3v) is 3.14. The third-order valence-electron chi connectivity index (χ3n) is 2.94. The smallest absolute Gasteiger partial charge is 0.326 e. The summed E-state index contributed by atoms with van der Waals surface area (Å²) in [7, 11) is 1.77. The van der Waals surface area contributed by atoms with Crippen LogP contribution in [0.4, 0.5) is 0 Å². The Labute approximate surface area is 112 Å². The molecular formula is C12H20ClN3O2. The highest BCUT2D eigenvalue weighted by Crippen LogP contribution is 2.15. The summed E-state index contributed by atoms with van der Waals surface area (Å²) < 4.78 is 6.83. The average molecular weight is 274 g/mol. The Kier molecular flexibility index (Phi) is 5.62. The van der Waals surface area contributed by atoms with Crippen molar-refractivity contribution in [3.63, 3.8) is 0 Å². The van der Waals surface area contributed by atoms with Crippen LogP contribution in [0.15, 0.2) is 12.4 Å². The van der Waals surface area contributed by atoms with E-state index in [0.29, 0.717) is 18.1 Å². The number of esters is 1. The number of aryl methyl sites for hydroxylation is 1. The van der Waals surface area contributed by atoms with E-state index in [2.05, 4.69) is 10.4 Å². The molecule has 18 heavy (non-hydrogen) atoms. The molecule has 1 heterocycles. The molecule has 0 bridgehead atoms. The largest absolute Gasteiger partial charge is 0.465 e. The van der Waals surface area contributed by atoms with Crippen LogP contribution in [0.5, 0.6) is 0 Å². The van der Waals surface area contributed by atoms with E-state index in [1.54, 1.807) is 31.0 Å². The predicted molar refractivity (Wildman–Crippen MR) is 70.6 cm³/mol. The Hall–Kier alpha value is -1.07. The third kappa shape index (κ3) is 3.99. The van der Waals surface area contributed by atoms with Crippen molar-refractivity contribution in [2.24, 2.45) is 0 Å². The normalized spacial score (nSPS) is 14.2. The first-order valence-electron chi connectivity index (χ1n) is 6.06. The SMILES string of the molecule is CCOC(=O)C(C)(CCCn1cc(Cl)cn1)NC. The number of hydrogen-bond acceptors (Lipinski definition) is 4. The number of hydrogen-bond donors (Lipinski definition) is 1. The van der Waals surface area contributed by atoms with Gasteiger partial charge in [-0.3, -0.25) is 9.48 Å². The maximum Gasteiger partial charge on any atom is 0.326 e. The van der Waals surface area contributed by atoms with E-state index in [-0.39, 0.29) is 5.97 Å². The van der Waals surface area contributed by atoms with Crippen LogP contribution in [0, 0.1) is 0 Å². The summed E-state index contributed by atoms with van der Waals surface area (Å²) in [6.45, 7) is 4.77. The summed E-state index contributed by atoms with van der Waals surface area (Å²) in [4.78, 5) is 11.8. The van der Waals surface area contributed by atoms with Crippen LogP contribution in [0.25, 0.3) is 0 Å². The average Bonchev–Trinajstić information content (AvgIpc) is 2.75. The Bertz CT molecular complexity index is 394. The molecule has 0 spiro atoms. The second kappa shape index (κ2) is 6.75. The summed E-state index contributed by atoms with van der Waals surface area (Å²) >= 11 is 5.78. The van der Waals surface area contributed by atoms with Crippen LogP contribution >= 0.6 is 11.6 Å².